The molecular formula is C9H8N2OS. The Labute approximate surface area is 79.4 Å². The number of aromatic nitrogens is 1. The third-order valence-electron chi connectivity index (χ3n) is 2.27. The van der Waals surface area contributed by atoms with Gasteiger partial charge in [0.15, 0.2) is 0 Å². The Bertz CT molecular complexity index is 392. The second kappa shape index (κ2) is 2.60. The predicted octanol–water partition coefficient (Wildman–Crippen LogP) is 2.25. The summed E-state index contributed by atoms with van der Waals surface area (Å²) in [6, 6.07) is 2.13. The average Bonchev–Trinajstić information content (AvgIpc) is 2.72. The zero-order valence-corrected chi connectivity index (χ0v) is 7.73. The molecule has 1 N–H and O–H groups in total. The molecule has 0 unspecified atom stereocenters. The summed E-state index contributed by atoms with van der Waals surface area (Å²) in [4.78, 5) is 0. The topological polar surface area (TPSA) is 38.1 Å². The molecule has 0 saturated heterocycles. The summed E-state index contributed by atoms with van der Waals surface area (Å²) in [5, 5.41) is 10.5. The van der Waals surface area contributed by atoms with Crippen molar-refractivity contribution in [2.45, 2.75) is 13.0 Å². The summed E-state index contributed by atoms with van der Waals surface area (Å²) in [7, 11) is 0. The van der Waals surface area contributed by atoms with Crippen LogP contribution in [0.3, 0.4) is 0 Å². The van der Waals surface area contributed by atoms with Crippen LogP contribution in [0.4, 0.5) is 5.00 Å². The molecule has 0 saturated carbocycles. The van der Waals surface area contributed by atoms with Crippen LogP contribution in [0.5, 0.6) is 0 Å². The first-order valence-corrected chi connectivity index (χ1v) is 5.04. The van der Waals surface area contributed by atoms with Gasteiger partial charge in [-0.1, -0.05) is 5.16 Å². The minimum absolute atomic E-state index is 0.826. The van der Waals surface area contributed by atoms with Gasteiger partial charge in [-0.05, 0) is 17.0 Å². The number of thiophene rings is 1. The highest BCUT2D eigenvalue weighted by atomic mass is 32.1. The Hall–Kier alpha value is -1.29. The van der Waals surface area contributed by atoms with E-state index in [1.807, 2.05) is 0 Å². The zero-order valence-electron chi connectivity index (χ0n) is 6.91. The van der Waals surface area contributed by atoms with E-state index in [1.54, 1.807) is 17.5 Å². The van der Waals surface area contributed by atoms with E-state index in [9.17, 15) is 0 Å². The smallest absolute Gasteiger partial charge is 0.146 e. The molecule has 3 heterocycles. The highest BCUT2D eigenvalue weighted by Crippen LogP contribution is 2.30. The van der Waals surface area contributed by atoms with Gasteiger partial charge in [0.25, 0.3) is 0 Å². The van der Waals surface area contributed by atoms with Crippen molar-refractivity contribution >= 4 is 16.3 Å². The molecule has 0 atom stereocenters. The fourth-order valence-electron chi connectivity index (χ4n) is 1.55. The lowest BCUT2D eigenvalue weighted by Gasteiger charge is -1.98. The number of hydrogen-bond donors (Lipinski definition) is 1. The molecule has 0 aliphatic carbocycles. The Morgan fingerprint density at radius 2 is 2.46 bits per heavy atom. The van der Waals surface area contributed by atoms with E-state index in [2.05, 4.69) is 21.9 Å². The van der Waals surface area contributed by atoms with E-state index in [4.69, 9.17) is 4.52 Å². The van der Waals surface area contributed by atoms with E-state index in [0.29, 0.717) is 0 Å². The summed E-state index contributed by atoms with van der Waals surface area (Å²) in [5.41, 5.74) is 2.48. The number of fused-ring (bicyclic) bond motifs is 2. The van der Waals surface area contributed by atoms with Crippen LogP contribution in [0.15, 0.2) is 22.2 Å². The number of rotatable bonds is 0. The third kappa shape index (κ3) is 1.06. The molecule has 0 amide bonds. The fourth-order valence-corrected chi connectivity index (χ4v) is 2.37. The zero-order chi connectivity index (χ0) is 8.67. The summed E-state index contributed by atoms with van der Waals surface area (Å²) < 4.78 is 5.18. The van der Waals surface area contributed by atoms with E-state index < -0.39 is 0 Å². The first-order chi connectivity index (χ1) is 6.43. The molecule has 4 heteroatoms. The second-order valence-electron chi connectivity index (χ2n) is 3.08. The molecule has 3 rings (SSSR count). The van der Waals surface area contributed by atoms with Crippen molar-refractivity contribution < 1.29 is 4.52 Å². The standard InChI is InChI=1S/C9H8N2OS/c1-2-13-9-6(1)3-8-7(4-10-9)5-11-12-8/h1-2,5,10H,3-4H2. The Kier molecular flexibility index (Phi) is 1.43. The van der Waals surface area contributed by atoms with Crippen LogP contribution < -0.4 is 5.32 Å². The summed E-state index contributed by atoms with van der Waals surface area (Å²) in [5.74, 6) is 0.990. The van der Waals surface area contributed by atoms with Crippen molar-refractivity contribution in [3.05, 3.63) is 34.5 Å². The van der Waals surface area contributed by atoms with Crippen LogP contribution in [0.1, 0.15) is 16.9 Å². The molecule has 13 heavy (non-hydrogen) atoms. The van der Waals surface area contributed by atoms with Crippen LogP contribution in [0.2, 0.25) is 0 Å². The van der Waals surface area contributed by atoms with Gasteiger partial charge in [0.1, 0.15) is 5.76 Å². The summed E-state index contributed by atoms with van der Waals surface area (Å²) in [6.07, 6.45) is 2.65. The van der Waals surface area contributed by atoms with Gasteiger partial charge in [-0.2, -0.15) is 0 Å². The van der Waals surface area contributed by atoms with E-state index in [0.717, 1.165) is 18.7 Å². The van der Waals surface area contributed by atoms with Crippen LogP contribution in [0.25, 0.3) is 0 Å². The largest absolute Gasteiger partial charge is 0.372 e. The molecule has 0 fully saturated rings. The summed E-state index contributed by atoms with van der Waals surface area (Å²) >= 11 is 1.74. The third-order valence-corrected chi connectivity index (χ3v) is 3.18. The van der Waals surface area contributed by atoms with Crippen LogP contribution in [0, 0.1) is 0 Å². The molecule has 3 nitrogen and oxygen atoms in total. The first-order valence-electron chi connectivity index (χ1n) is 4.16. The minimum Gasteiger partial charge on any atom is -0.372 e. The lowest BCUT2D eigenvalue weighted by Crippen LogP contribution is -1.95. The molecule has 66 valence electrons. The van der Waals surface area contributed by atoms with Crippen LogP contribution in [-0.4, -0.2) is 5.16 Å². The van der Waals surface area contributed by atoms with Crippen molar-refractivity contribution in [3.8, 4) is 0 Å². The quantitative estimate of drug-likeness (QED) is 0.695. The van der Waals surface area contributed by atoms with Gasteiger partial charge in [-0.15, -0.1) is 11.3 Å². The highest BCUT2D eigenvalue weighted by Gasteiger charge is 2.16. The monoisotopic (exact) mass is 192 g/mol. The fraction of sp³-hybridized carbons (Fsp3) is 0.222. The molecule has 1 aliphatic rings. The SMILES string of the molecule is c1cc2c(s1)NCc1cnoc1C2. The molecule has 0 aromatic carbocycles. The van der Waals surface area contributed by atoms with Gasteiger partial charge in [0.05, 0.1) is 11.2 Å². The number of hydrogen-bond acceptors (Lipinski definition) is 4. The highest BCUT2D eigenvalue weighted by molar-refractivity contribution is 7.14. The molecule has 0 spiro atoms. The number of nitrogens with zero attached hydrogens (tertiary/aromatic N) is 1. The predicted molar refractivity (Wildman–Crippen MR) is 51.0 cm³/mol. The van der Waals surface area contributed by atoms with Crippen molar-refractivity contribution in [2.24, 2.45) is 0 Å². The van der Waals surface area contributed by atoms with Gasteiger partial charge in [0.2, 0.25) is 0 Å². The van der Waals surface area contributed by atoms with Gasteiger partial charge in [0, 0.05) is 18.5 Å². The van der Waals surface area contributed by atoms with E-state index >= 15 is 0 Å². The molecule has 0 bridgehead atoms. The van der Waals surface area contributed by atoms with Gasteiger partial charge < -0.3 is 9.84 Å². The average molecular weight is 192 g/mol. The maximum absolute atomic E-state index is 5.18. The van der Waals surface area contributed by atoms with Crippen molar-refractivity contribution in [2.75, 3.05) is 5.32 Å². The van der Waals surface area contributed by atoms with Crippen molar-refractivity contribution in [3.63, 3.8) is 0 Å². The summed E-state index contributed by atoms with van der Waals surface area (Å²) in [6.45, 7) is 0.826. The maximum atomic E-state index is 5.18. The van der Waals surface area contributed by atoms with Crippen LogP contribution in [-0.2, 0) is 13.0 Å². The minimum atomic E-state index is 0.826. The molecule has 0 radical (unpaired) electrons. The van der Waals surface area contributed by atoms with Crippen molar-refractivity contribution in [1.29, 1.82) is 0 Å². The molecule has 1 aliphatic heterocycles. The molecule has 2 aromatic heterocycles. The lowest BCUT2D eigenvalue weighted by atomic mass is 10.1. The number of anilines is 1. The molecular weight excluding hydrogens is 184 g/mol. The second-order valence-corrected chi connectivity index (χ2v) is 4.00. The maximum Gasteiger partial charge on any atom is 0.146 e. The van der Waals surface area contributed by atoms with Crippen LogP contribution >= 0.6 is 11.3 Å². The van der Waals surface area contributed by atoms with Gasteiger partial charge in [-0.3, -0.25) is 0 Å². The lowest BCUT2D eigenvalue weighted by molar-refractivity contribution is 0.389. The molecule has 2 aromatic rings. The Morgan fingerprint density at radius 1 is 1.46 bits per heavy atom. The van der Waals surface area contributed by atoms with Gasteiger partial charge in [-0.25, -0.2) is 0 Å². The van der Waals surface area contributed by atoms with E-state index in [1.165, 1.54) is 16.1 Å². The van der Waals surface area contributed by atoms with Crippen molar-refractivity contribution in [1.82, 2.24) is 5.16 Å². The van der Waals surface area contributed by atoms with E-state index in [-0.39, 0.29) is 0 Å². The normalized spacial score (nSPS) is 14.2. The Morgan fingerprint density at radius 3 is 3.46 bits per heavy atom. The first kappa shape index (κ1) is 7.15. The van der Waals surface area contributed by atoms with Gasteiger partial charge >= 0.3 is 0 Å². The number of nitrogens with one attached hydrogen (secondary N) is 1. The Balaban J connectivity index is 2.10.